The number of amides is 1. The lowest BCUT2D eigenvalue weighted by Crippen LogP contribution is -2.31. The van der Waals surface area contributed by atoms with E-state index >= 15 is 0 Å². The number of thioether (sulfide) groups is 1. The number of methoxy groups -OCH3 is 2. The zero-order chi connectivity index (χ0) is 19.0. The van der Waals surface area contributed by atoms with Gasteiger partial charge in [0.1, 0.15) is 30.5 Å². The molecule has 1 amide bonds. The highest BCUT2D eigenvalue weighted by Gasteiger charge is 2.37. The minimum absolute atomic E-state index is 0.105. The van der Waals surface area contributed by atoms with Crippen LogP contribution in [0.2, 0.25) is 0 Å². The van der Waals surface area contributed by atoms with E-state index in [-0.39, 0.29) is 24.9 Å². The van der Waals surface area contributed by atoms with Crippen molar-refractivity contribution in [3.63, 3.8) is 0 Å². The maximum atomic E-state index is 13.0. The Hall–Kier alpha value is -2.13. The Bertz CT molecular complexity index is 892. The zero-order valence-electron chi connectivity index (χ0n) is 14.7. The Morgan fingerprint density at radius 3 is 2.85 bits per heavy atom. The number of hydrogen-bond donors (Lipinski definition) is 0. The van der Waals surface area contributed by atoms with Gasteiger partial charge in [-0.25, -0.2) is 0 Å². The third-order valence-corrected chi connectivity index (χ3v) is 5.72. The van der Waals surface area contributed by atoms with Gasteiger partial charge in [0.15, 0.2) is 4.32 Å². The first-order chi connectivity index (χ1) is 13.1. The minimum atomic E-state index is -0.194. The van der Waals surface area contributed by atoms with E-state index in [0.717, 1.165) is 5.56 Å². The summed E-state index contributed by atoms with van der Waals surface area (Å²) >= 11 is 6.70. The van der Waals surface area contributed by atoms with Crippen LogP contribution in [-0.2, 0) is 14.3 Å². The van der Waals surface area contributed by atoms with Gasteiger partial charge in [0.05, 0.1) is 19.1 Å². The summed E-state index contributed by atoms with van der Waals surface area (Å²) in [4.78, 5) is 15.0. The molecule has 1 aromatic rings. The fourth-order valence-corrected chi connectivity index (χ4v) is 4.32. The first-order valence-electron chi connectivity index (χ1n) is 8.24. The van der Waals surface area contributed by atoms with E-state index in [1.807, 2.05) is 30.4 Å². The number of carbonyl (C=O) groups excluding carboxylic acids is 1. The number of thiocarbonyl (C=S) groups is 1. The third-order valence-electron chi connectivity index (χ3n) is 4.42. The normalized spacial score (nSPS) is 25.8. The molecule has 0 bridgehead atoms. The van der Waals surface area contributed by atoms with Crippen LogP contribution in [0.25, 0.3) is 6.08 Å². The Morgan fingerprint density at radius 2 is 2.07 bits per heavy atom. The number of fused-ring (bicyclic) bond motifs is 1. The maximum absolute atomic E-state index is 13.0. The molecule has 2 saturated heterocycles. The molecule has 6 nitrogen and oxygen atoms in total. The van der Waals surface area contributed by atoms with Crippen molar-refractivity contribution in [1.82, 2.24) is 4.90 Å². The molecular weight excluding hydrogens is 386 g/mol. The summed E-state index contributed by atoms with van der Waals surface area (Å²) in [5, 5.41) is 0. The predicted molar refractivity (Wildman–Crippen MR) is 106 cm³/mol. The van der Waals surface area contributed by atoms with E-state index in [4.69, 9.17) is 31.2 Å². The molecule has 0 radical (unpaired) electrons. The molecule has 0 spiro atoms. The molecule has 27 heavy (non-hydrogen) atoms. The second-order valence-corrected chi connectivity index (χ2v) is 7.63. The smallest absolute Gasteiger partial charge is 0.270 e. The second kappa shape index (κ2) is 7.47. The average molecular weight is 403 g/mol. The van der Waals surface area contributed by atoms with E-state index in [0.29, 0.717) is 26.4 Å². The summed E-state index contributed by atoms with van der Waals surface area (Å²) < 4.78 is 22.0. The Labute approximate surface area is 166 Å². The van der Waals surface area contributed by atoms with Crippen LogP contribution in [0.3, 0.4) is 0 Å². The zero-order valence-corrected chi connectivity index (χ0v) is 16.3. The monoisotopic (exact) mass is 403 g/mol. The predicted octanol–water partition coefficient (Wildman–Crippen LogP) is 3.10. The van der Waals surface area contributed by atoms with Gasteiger partial charge in [-0.15, -0.1) is 0 Å². The fourth-order valence-electron chi connectivity index (χ4n) is 3.03. The van der Waals surface area contributed by atoms with Crippen LogP contribution >= 0.6 is 24.0 Å². The van der Waals surface area contributed by atoms with E-state index in [1.165, 1.54) is 16.7 Å². The summed E-state index contributed by atoms with van der Waals surface area (Å²) in [5.74, 6) is 1.13. The number of carbonyl (C=O) groups is 1. The number of rotatable bonds is 4. The van der Waals surface area contributed by atoms with Gasteiger partial charge in [-0.05, 0) is 30.4 Å². The van der Waals surface area contributed by atoms with Gasteiger partial charge in [-0.3, -0.25) is 9.69 Å². The lowest BCUT2D eigenvalue weighted by Gasteiger charge is -2.22. The van der Waals surface area contributed by atoms with Crippen molar-refractivity contribution in [2.45, 2.75) is 12.2 Å². The summed E-state index contributed by atoms with van der Waals surface area (Å²) in [7, 11) is 3.17. The molecule has 3 aliphatic rings. The van der Waals surface area contributed by atoms with Gasteiger partial charge < -0.3 is 18.9 Å². The van der Waals surface area contributed by atoms with Crippen molar-refractivity contribution in [2.75, 3.05) is 21.0 Å². The molecule has 0 saturated carbocycles. The van der Waals surface area contributed by atoms with Crippen molar-refractivity contribution >= 4 is 40.3 Å². The largest absolute Gasteiger partial charge is 0.497 e. The van der Waals surface area contributed by atoms with Crippen molar-refractivity contribution in [3.05, 3.63) is 52.6 Å². The molecule has 2 aliphatic heterocycles. The van der Waals surface area contributed by atoms with Gasteiger partial charge in [0, 0.05) is 17.3 Å². The van der Waals surface area contributed by atoms with Crippen molar-refractivity contribution < 1.29 is 23.7 Å². The van der Waals surface area contributed by atoms with Gasteiger partial charge in [-0.1, -0.05) is 30.1 Å². The van der Waals surface area contributed by atoms with Crippen LogP contribution in [0.4, 0.5) is 0 Å². The van der Waals surface area contributed by atoms with Crippen LogP contribution < -0.4 is 9.47 Å². The summed E-state index contributed by atoms with van der Waals surface area (Å²) in [5.41, 5.74) is 1.48. The van der Waals surface area contributed by atoms with Crippen LogP contribution in [-0.4, -0.2) is 48.3 Å². The van der Waals surface area contributed by atoms with Crippen molar-refractivity contribution in [3.8, 4) is 11.5 Å². The van der Waals surface area contributed by atoms with Crippen LogP contribution in [0.15, 0.2) is 47.0 Å². The van der Waals surface area contributed by atoms with E-state index in [9.17, 15) is 4.79 Å². The van der Waals surface area contributed by atoms with Crippen LogP contribution in [0.5, 0.6) is 11.5 Å². The molecule has 2 heterocycles. The SMILES string of the molecule is COc1ccc(/C=C2\SC(=S)N(C3=C[C@@H]4OCO[C@H]4C=C3)C2=O)c(OC)c1. The molecule has 1 aliphatic carbocycles. The lowest BCUT2D eigenvalue weighted by atomic mass is 10.1. The fraction of sp³-hybridized carbons (Fsp3) is 0.263. The van der Waals surface area contributed by atoms with Gasteiger partial charge in [0.25, 0.3) is 5.91 Å². The Morgan fingerprint density at radius 1 is 1.26 bits per heavy atom. The Balaban J connectivity index is 1.62. The highest BCUT2D eigenvalue weighted by Crippen LogP contribution is 2.38. The molecule has 140 valence electrons. The standard InChI is InChI=1S/C19H17NO5S2/c1-22-13-5-3-11(15(9-13)23-2)7-17-18(21)20(19(26)27-17)12-4-6-14-16(8-12)25-10-24-14/h3-9,14,16H,10H2,1-2H3/b17-7-/t14-,16-/m0/s1. The van der Waals surface area contributed by atoms with Crippen molar-refractivity contribution in [2.24, 2.45) is 0 Å². The summed E-state index contributed by atoms with van der Waals surface area (Å²) in [6.07, 6.45) is 7.09. The lowest BCUT2D eigenvalue weighted by molar-refractivity contribution is -0.120. The number of ether oxygens (including phenoxy) is 4. The van der Waals surface area contributed by atoms with Gasteiger partial charge in [-0.2, -0.15) is 0 Å². The quantitative estimate of drug-likeness (QED) is 0.566. The number of benzene rings is 1. The summed E-state index contributed by atoms with van der Waals surface area (Å²) in [6.45, 7) is 0.249. The van der Waals surface area contributed by atoms with Crippen LogP contribution in [0, 0.1) is 0 Å². The number of allylic oxidation sites excluding steroid dienone is 1. The minimum Gasteiger partial charge on any atom is -0.497 e. The first kappa shape index (κ1) is 18.2. The van der Waals surface area contributed by atoms with Gasteiger partial charge >= 0.3 is 0 Å². The van der Waals surface area contributed by atoms with E-state index in [1.54, 1.807) is 26.4 Å². The molecule has 4 rings (SSSR count). The maximum Gasteiger partial charge on any atom is 0.270 e. The number of nitrogens with zero attached hydrogens (tertiary/aromatic N) is 1. The van der Waals surface area contributed by atoms with Crippen molar-refractivity contribution in [1.29, 1.82) is 0 Å². The van der Waals surface area contributed by atoms with E-state index in [2.05, 4.69) is 0 Å². The number of hydrogen-bond acceptors (Lipinski definition) is 7. The molecule has 0 N–H and O–H groups in total. The molecule has 2 fully saturated rings. The highest BCUT2D eigenvalue weighted by molar-refractivity contribution is 8.26. The topological polar surface area (TPSA) is 57.2 Å². The molecule has 0 unspecified atom stereocenters. The first-order valence-corrected chi connectivity index (χ1v) is 9.46. The highest BCUT2D eigenvalue weighted by atomic mass is 32.2. The van der Waals surface area contributed by atoms with Crippen LogP contribution in [0.1, 0.15) is 5.56 Å². The summed E-state index contributed by atoms with van der Waals surface area (Å²) in [6, 6.07) is 5.44. The third kappa shape index (κ3) is 3.41. The molecule has 2 atom stereocenters. The molecular formula is C19H17NO5S2. The van der Waals surface area contributed by atoms with E-state index < -0.39 is 0 Å². The molecule has 0 aromatic heterocycles. The van der Waals surface area contributed by atoms with Gasteiger partial charge in [0.2, 0.25) is 0 Å². The second-order valence-electron chi connectivity index (χ2n) is 5.96. The molecule has 8 heteroatoms. The Kier molecular flexibility index (Phi) is 5.05. The molecule has 1 aromatic carbocycles. The average Bonchev–Trinajstić information content (AvgIpc) is 3.25.